The molecule has 0 unspecified atom stereocenters. The van der Waals surface area contributed by atoms with Crippen molar-refractivity contribution in [3.63, 3.8) is 0 Å². The van der Waals surface area contributed by atoms with Crippen LogP contribution in [0.2, 0.25) is 0 Å². The minimum atomic E-state index is -0.832. The van der Waals surface area contributed by atoms with E-state index in [0.29, 0.717) is 30.8 Å². The first-order valence-electron chi connectivity index (χ1n) is 9.22. The van der Waals surface area contributed by atoms with Crippen LogP contribution < -0.4 is 10.1 Å². The molecule has 2 aromatic rings. The third-order valence-electron chi connectivity index (χ3n) is 5.12. The summed E-state index contributed by atoms with van der Waals surface area (Å²) in [7, 11) is 0. The molecular weight excluding hydrogens is 344 g/mol. The summed E-state index contributed by atoms with van der Waals surface area (Å²) in [6.45, 7) is 0.594. The third kappa shape index (κ3) is 4.84. The van der Waals surface area contributed by atoms with Gasteiger partial charge in [-0.2, -0.15) is 0 Å². The van der Waals surface area contributed by atoms with Crippen LogP contribution in [0.5, 0.6) is 5.75 Å². The molecule has 1 fully saturated rings. The van der Waals surface area contributed by atoms with E-state index in [2.05, 4.69) is 10.3 Å². The number of ether oxygens (including phenoxy) is 1. The lowest BCUT2D eigenvalue weighted by Gasteiger charge is -2.33. The average molecular weight is 368 g/mol. The predicted molar refractivity (Wildman–Crippen MR) is 100 cm³/mol. The number of aromatic nitrogens is 1. The van der Waals surface area contributed by atoms with Crippen LogP contribution in [0.25, 0.3) is 0 Å². The second-order valence-electron chi connectivity index (χ2n) is 7.00. The second-order valence-corrected chi connectivity index (χ2v) is 7.00. The molecule has 1 aliphatic rings. The summed E-state index contributed by atoms with van der Waals surface area (Å²) in [4.78, 5) is 28.0. The van der Waals surface area contributed by atoms with Gasteiger partial charge in [-0.05, 0) is 54.8 Å². The van der Waals surface area contributed by atoms with Crippen LogP contribution in [-0.4, -0.2) is 28.5 Å². The van der Waals surface area contributed by atoms with Gasteiger partial charge < -0.3 is 15.2 Å². The molecule has 2 N–H and O–H groups in total. The van der Waals surface area contributed by atoms with Gasteiger partial charge in [0.25, 0.3) is 5.91 Å². The van der Waals surface area contributed by atoms with Crippen molar-refractivity contribution in [2.45, 2.75) is 38.7 Å². The van der Waals surface area contributed by atoms with Gasteiger partial charge in [0.2, 0.25) is 0 Å². The molecule has 1 amide bonds. The molecular formula is C21H24N2O4. The van der Waals surface area contributed by atoms with Gasteiger partial charge in [-0.1, -0.05) is 19.3 Å². The van der Waals surface area contributed by atoms with Gasteiger partial charge in [0.1, 0.15) is 12.4 Å². The summed E-state index contributed by atoms with van der Waals surface area (Å²) in [5, 5.41) is 12.4. The number of nitrogens with zero attached hydrogens (tertiary/aromatic N) is 1. The highest BCUT2D eigenvalue weighted by molar-refractivity contribution is 5.94. The van der Waals surface area contributed by atoms with Crippen molar-refractivity contribution in [3.05, 3.63) is 59.9 Å². The van der Waals surface area contributed by atoms with Gasteiger partial charge in [0, 0.05) is 24.5 Å². The summed E-state index contributed by atoms with van der Waals surface area (Å²) >= 11 is 0. The fourth-order valence-corrected chi connectivity index (χ4v) is 3.39. The zero-order chi connectivity index (χ0) is 19.1. The monoisotopic (exact) mass is 368 g/mol. The maximum atomic E-state index is 12.4. The highest BCUT2D eigenvalue weighted by atomic mass is 16.5. The quantitative estimate of drug-likeness (QED) is 0.782. The molecule has 0 aliphatic heterocycles. The number of carbonyl (C=O) groups is 2. The minimum absolute atomic E-state index is 0.168. The van der Waals surface area contributed by atoms with Crippen molar-refractivity contribution in [1.29, 1.82) is 0 Å². The number of hydrogen-bond acceptors (Lipinski definition) is 4. The molecule has 142 valence electrons. The van der Waals surface area contributed by atoms with E-state index in [-0.39, 0.29) is 12.5 Å². The summed E-state index contributed by atoms with van der Waals surface area (Å²) in [5.41, 5.74) is 0.669. The molecule has 1 aliphatic carbocycles. The third-order valence-corrected chi connectivity index (χ3v) is 5.12. The van der Waals surface area contributed by atoms with Crippen LogP contribution in [0.15, 0.2) is 48.8 Å². The molecule has 0 radical (unpaired) electrons. The number of nitrogens with one attached hydrogen (secondary N) is 1. The number of carbonyl (C=O) groups excluding carboxylic acids is 1. The van der Waals surface area contributed by atoms with Gasteiger partial charge in [-0.3, -0.25) is 14.6 Å². The smallest absolute Gasteiger partial charge is 0.311 e. The van der Waals surface area contributed by atoms with E-state index in [9.17, 15) is 14.7 Å². The first-order chi connectivity index (χ1) is 13.1. The summed E-state index contributed by atoms with van der Waals surface area (Å²) in [5.74, 6) is -0.415. The molecule has 3 rings (SSSR count). The SMILES string of the molecule is O=C(NCC1(C(=O)O)CCCCC1)c1ccc(OCc2ccncc2)cc1. The van der Waals surface area contributed by atoms with Gasteiger partial charge in [-0.25, -0.2) is 0 Å². The Hall–Kier alpha value is -2.89. The molecule has 0 atom stereocenters. The largest absolute Gasteiger partial charge is 0.489 e. The van der Waals surface area contributed by atoms with Crippen LogP contribution >= 0.6 is 0 Å². The van der Waals surface area contributed by atoms with E-state index in [1.165, 1.54) is 0 Å². The van der Waals surface area contributed by atoms with Crippen molar-refractivity contribution >= 4 is 11.9 Å². The number of carboxylic acids is 1. The van der Waals surface area contributed by atoms with E-state index in [1.807, 2.05) is 12.1 Å². The number of hydrogen-bond donors (Lipinski definition) is 2. The maximum Gasteiger partial charge on any atom is 0.311 e. The molecule has 1 aromatic carbocycles. The van der Waals surface area contributed by atoms with Gasteiger partial charge in [-0.15, -0.1) is 0 Å². The highest BCUT2D eigenvalue weighted by Gasteiger charge is 2.39. The molecule has 6 heteroatoms. The Morgan fingerprint density at radius 3 is 2.33 bits per heavy atom. The van der Waals surface area contributed by atoms with E-state index < -0.39 is 11.4 Å². The normalized spacial score (nSPS) is 15.7. The molecule has 1 saturated carbocycles. The lowest BCUT2D eigenvalue weighted by Crippen LogP contribution is -2.44. The minimum Gasteiger partial charge on any atom is -0.489 e. The molecule has 1 aromatic heterocycles. The number of pyridine rings is 1. The van der Waals surface area contributed by atoms with E-state index >= 15 is 0 Å². The number of rotatable bonds is 7. The number of amides is 1. The van der Waals surface area contributed by atoms with Crippen molar-refractivity contribution in [3.8, 4) is 5.75 Å². The molecule has 6 nitrogen and oxygen atoms in total. The molecule has 27 heavy (non-hydrogen) atoms. The van der Waals surface area contributed by atoms with Gasteiger partial charge in [0.15, 0.2) is 0 Å². The Morgan fingerprint density at radius 1 is 1.04 bits per heavy atom. The fourth-order valence-electron chi connectivity index (χ4n) is 3.39. The number of carboxylic acid groups (broad SMARTS) is 1. The van der Waals surface area contributed by atoms with Crippen molar-refractivity contribution in [2.75, 3.05) is 6.54 Å². The predicted octanol–water partition coefficient (Wildman–Crippen LogP) is 3.43. The highest BCUT2D eigenvalue weighted by Crippen LogP contribution is 2.36. The number of benzene rings is 1. The second kappa shape index (κ2) is 8.66. The first-order valence-corrected chi connectivity index (χ1v) is 9.22. The van der Waals surface area contributed by atoms with Crippen LogP contribution in [0.4, 0.5) is 0 Å². The first kappa shape index (κ1) is 18.9. The van der Waals surface area contributed by atoms with Gasteiger partial charge >= 0.3 is 5.97 Å². The van der Waals surface area contributed by atoms with Crippen LogP contribution in [-0.2, 0) is 11.4 Å². The summed E-state index contributed by atoms with van der Waals surface area (Å²) < 4.78 is 5.69. The molecule has 0 spiro atoms. The van der Waals surface area contributed by atoms with E-state index in [0.717, 1.165) is 24.8 Å². The van der Waals surface area contributed by atoms with Gasteiger partial charge in [0.05, 0.1) is 5.41 Å². The zero-order valence-electron chi connectivity index (χ0n) is 15.2. The Bertz CT molecular complexity index is 769. The standard InChI is InChI=1S/C21H24N2O4/c24-19(23-15-21(20(25)26)10-2-1-3-11-21)17-4-6-18(7-5-17)27-14-16-8-12-22-13-9-16/h4-9,12-13H,1-3,10-11,14-15H2,(H,23,24)(H,25,26). The van der Waals surface area contributed by atoms with E-state index in [1.54, 1.807) is 36.7 Å². The van der Waals surface area contributed by atoms with Crippen molar-refractivity contribution in [2.24, 2.45) is 5.41 Å². The lowest BCUT2D eigenvalue weighted by atomic mass is 9.74. The van der Waals surface area contributed by atoms with Crippen LogP contribution in [0.1, 0.15) is 48.0 Å². The average Bonchev–Trinajstić information content (AvgIpc) is 2.72. The van der Waals surface area contributed by atoms with Crippen LogP contribution in [0, 0.1) is 5.41 Å². The number of aliphatic carboxylic acids is 1. The summed E-state index contributed by atoms with van der Waals surface area (Å²) in [6, 6.07) is 10.6. The zero-order valence-corrected chi connectivity index (χ0v) is 15.2. The molecule has 0 saturated heterocycles. The van der Waals surface area contributed by atoms with Crippen molar-refractivity contribution in [1.82, 2.24) is 10.3 Å². The molecule has 0 bridgehead atoms. The lowest BCUT2D eigenvalue weighted by molar-refractivity contribution is -0.150. The van der Waals surface area contributed by atoms with Crippen molar-refractivity contribution < 1.29 is 19.4 Å². The summed E-state index contributed by atoms with van der Waals surface area (Å²) in [6.07, 6.45) is 7.50. The Labute approximate surface area is 158 Å². The Morgan fingerprint density at radius 2 is 1.70 bits per heavy atom. The Kier molecular flexibility index (Phi) is 6.06. The topological polar surface area (TPSA) is 88.5 Å². The van der Waals surface area contributed by atoms with E-state index in [4.69, 9.17) is 4.74 Å². The Balaban J connectivity index is 1.54. The fraction of sp³-hybridized carbons (Fsp3) is 0.381. The maximum absolute atomic E-state index is 12.4. The van der Waals surface area contributed by atoms with Crippen LogP contribution in [0.3, 0.4) is 0 Å². The molecule has 1 heterocycles.